The van der Waals surface area contributed by atoms with E-state index in [1.54, 1.807) is 0 Å². The van der Waals surface area contributed by atoms with Gasteiger partial charge in [-0.15, -0.1) is 0 Å². The van der Waals surface area contributed by atoms with Gasteiger partial charge >= 0.3 is 31.3 Å². The van der Waals surface area contributed by atoms with Crippen LogP contribution < -0.4 is 45.9 Å². The van der Waals surface area contributed by atoms with Gasteiger partial charge in [-0.2, -0.15) is 0 Å². The SMILES string of the molecule is Nc1ncnc2c1nc(N)n2[C@@H]1O[C@H](COP(=O)(O)O[C@@H]2[C@H](O)[C@@H](COP(=O)(O)O[C@@H]3[C@H](O)[C@@H](COP(=O)(O)O[C@@H]4[C@H](O)[C@@H](COP(=O)(O)O)O[C@H]4n4c(N)nc5c(N)ncnc54)O[C@H]3n3c(N)nc4c(N)ncnc43)O[C@H]2n2c(N)nc3c(N)ncnc32)[C@@H](O)[C@H]1O. The van der Waals surface area contributed by atoms with Crippen molar-refractivity contribution in [1.82, 2.24) is 78.1 Å². The van der Waals surface area contributed by atoms with Crippen molar-refractivity contribution in [3.05, 3.63) is 25.3 Å². The van der Waals surface area contributed by atoms with Crippen molar-refractivity contribution in [3.63, 3.8) is 0 Å². The van der Waals surface area contributed by atoms with E-state index in [9.17, 15) is 68.3 Å². The molecule has 12 rings (SSSR count). The van der Waals surface area contributed by atoms with Crippen molar-refractivity contribution >= 4 is 123 Å². The van der Waals surface area contributed by atoms with Crippen LogP contribution in [-0.2, 0) is 68.9 Å². The number of nitrogens with two attached hydrogens (primary N) is 8. The van der Waals surface area contributed by atoms with Gasteiger partial charge < -0.3 is 115 Å². The summed E-state index contributed by atoms with van der Waals surface area (Å²) >= 11 is 0. The molecule has 19 atom stereocenters. The fraction of sp³-hybridized carbons (Fsp3) is 0.500. The summed E-state index contributed by atoms with van der Waals surface area (Å²) in [5.41, 5.74) is 47.6. The van der Waals surface area contributed by atoms with Gasteiger partial charge in [0.25, 0.3) is 0 Å². The first-order chi connectivity index (χ1) is 43.8. The zero-order chi connectivity index (χ0) is 66.7. The normalized spacial score (nSPS) is 30.5. The van der Waals surface area contributed by atoms with Gasteiger partial charge in [-0.1, -0.05) is 0 Å². The number of ether oxygens (including phenoxy) is 4. The highest BCUT2D eigenvalue weighted by Crippen LogP contribution is 2.55. The minimum atomic E-state index is -5.74. The maximum Gasteiger partial charge on any atom is 0.472 e. The number of rotatable bonds is 22. The maximum absolute atomic E-state index is 14.2. The third-order valence-corrected chi connectivity index (χ3v) is 18.2. The molecule has 0 aromatic carbocycles. The van der Waals surface area contributed by atoms with Crippen LogP contribution in [0.15, 0.2) is 25.3 Å². The van der Waals surface area contributed by atoms with Crippen molar-refractivity contribution in [2.24, 2.45) is 0 Å². The van der Waals surface area contributed by atoms with Crippen LogP contribution in [0.4, 0.5) is 47.1 Å². The number of aliphatic hydroxyl groups excluding tert-OH is 5. The second kappa shape index (κ2) is 24.5. The Morgan fingerprint density at radius 3 is 0.892 bits per heavy atom. The quantitative estimate of drug-likeness (QED) is 0.0281. The first kappa shape index (κ1) is 65.7. The number of nitrogens with zero attached hydrogens (tertiary/aromatic N) is 16. The molecule has 49 nitrogen and oxygen atoms in total. The topological polar surface area (TPSA) is 755 Å². The Hall–Kier alpha value is -7.32. The molecule has 4 fully saturated rings. The summed E-state index contributed by atoms with van der Waals surface area (Å²) < 4.78 is 118. The number of imidazole rings is 4. The average molecular weight is 1390 g/mol. The zero-order valence-electron chi connectivity index (χ0n) is 46.5. The molecule has 53 heteroatoms. The Labute approximate surface area is 514 Å². The van der Waals surface area contributed by atoms with Crippen LogP contribution in [0.5, 0.6) is 0 Å². The van der Waals surface area contributed by atoms with E-state index in [0.717, 1.165) is 43.6 Å². The van der Waals surface area contributed by atoms with Crippen molar-refractivity contribution in [2.75, 3.05) is 72.3 Å². The van der Waals surface area contributed by atoms with Gasteiger partial charge in [0.15, 0.2) is 92.8 Å². The Bertz CT molecular complexity index is 4370. The van der Waals surface area contributed by atoms with Crippen molar-refractivity contribution in [1.29, 1.82) is 0 Å². The number of phosphoric acid groups is 4. The lowest BCUT2D eigenvalue weighted by Crippen LogP contribution is -2.37. The third-order valence-electron chi connectivity index (χ3n) is 14.8. The second-order valence-electron chi connectivity index (χ2n) is 20.6. The van der Waals surface area contributed by atoms with Gasteiger partial charge in [-0.3, -0.25) is 49.9 Å². The molecule has 4 aliphatic heterocycles. The summed E-state index contributed by atoms with van der Waals surface area (Å²) in [6, 6.07) is 0. The van der Waals surface area contributed by atoms with Gasteiger partial charge in [0, 0.05) is 0 Å². The number of hydrogen-bond donors (Lipinski definition) is 18. The van der Waals surface area contributed by atoms with Gasteiger partial charge in [0.1, 0.15) is 98.6 Å². The lowest BCUT2D eigenvalue weighted by atomic mass is 10.1. The Morgan fingerprint density at radius 1 is 0.366 bits per heavy atom. The van der Waals surface area contributed by atoms with E-state index in [2.05, 4.69) is 64.3 Å². The van der Waals surface area contributed by atoms with E-state index >= 15 is 0 Å². The lowest BCUT2D eigenvalue weighted by Gasteiger charge is -2.26. The van der Waals surface area contributed by atoms with Gasteiger partial charge in [-0.05, 0) is 0 Å². The molecule has 26 N–H and O–H groups in total. The molecular formula is C40H54N24O25P4. The predicted octanol–water partition coefficient (Wildman–Crippen LogP) is -5.99. The molecule has 93 heavy (non-hydrogen) atoms. The summed E-state index contributed by atoms with van der Waals surface area (Å²) in [6.07, 6.45) is -26.9. The molecule has 0 spiro atoms. The predicted molar refractivity (Wildman–Crippen MR) is 302 cm³/mol. The van der Waals surface area contributed by atoms with E-state index in [0.29, 0.717) is 0 Å². The first-order valence-electron chi connectivity index (χ1n) is 26.5. The van der Waals surface area contributed by atoms with Crippen LogP contribution >= 0.6 is 31.3 Å². The molecule has 0 aliphatic carbocycles. The van der Waals surface area contributed by atoms with Crippen molar-refractivity contribution < 1.29 is 119 Å². The highest BCUT2D eigenvalue weighted by atomic mass is 31.2. The van der Waals surface area contributed by atoms with E-state index in [1.165, 1.54) is 0 Å². The monoisotopic (exact) mass is 1390 g/mol. The number of aromatic nitrogens is 16. The molecule has 8 aromatic heterocycles. The first-order valence-corrected chi connectivity index (χ1v) is 32.5. The summed E-state index contributed by atoms with van der Waals surface area (Å²) in [4.78, 5) is 101. The largest absolute Gasteiger partial charge is 0.472 e. The van der Waals surface area contributed by atoms with E-state index < -0.39 is 174 Å². The van der Waals surface area contributed by atoms with Crippen molar-refractivity contribution in [2.45, 2.75) is 98.2 Å². The van der Waals surface area contributed by atoms with Crippen LogP contribution in [0.1, 0.15) is 24.9 Å². The van der Waals surface area contributed by atoms with Gasteiger partial charge in [-0.25, -0.2) is 78.1 Å². The number of anilines is 8. The maximum atomic E-state index is 14.2. The summed E-state index contributed by atoms with van der Waals surface area (Å²) in [5, 5.41) is 57.2. The van der Waals surface area contributed by atoms with Crippen LogP contribution in [-0.4, -0.2) is 228 Å². The lowest BCUT2D eigenvalue weighted by molar-refractivity contribution is -0.0646. The fourth-order valence-electron chi connectivity index (χ4n) is 10.6. The number of nitrogen functional groups attached to an aromatic ring is 8. The summed E-state index contributed by atoms with van der Waals surface area (Å²) in [5.74, 6) is -2.43. The molecule has 8 aromatic rings. The van der Waals surface area contributed by atoms with Crippen LogP contribution in [0.2, 0.25) is 0 Å². The molecule has 0 saturated carbocycles. The summed E-state index contributed by atoms with van der Waals surface area (Å²) in [7, 11) is -22.2. The highest BCUT2D eigenvalue weighted by molar-refractivity contribution is 7.48. The zero-order valence-corrected chi connectivity index (χ0v) is 50.1. The number of hydrogen-bond acceptors (Lipinski definition) is 40. The number of aliphatic hydroxyl groups is 5. The smallest absolute Gasteiger partial charge is 0.387 e. The molecule has 0 amide bonds. The Kier molecular flexibility index (Phi) is 17.3. The van der Waals surface area contributed by atoms with Gasteiger partial charge in [0.05, 0.1) is 26.4 Å². The molecule has 12 heterocycles. The molecule has 504 valence electrons. The van der Waals surface area contributed by atoms with Gasteiger partial charge in [0.2, 0.25) is 23.8 Å². The van der Waals surface area contributed by atoms with E-state index in [1.807, 2.05) is 0 Å². The van der Waals surface area contributed by atoms with Crippen LogP contribution in [0, 0.1) is 0 Å². The second-order valence-corrected chi connectivity index (χ2v) is 26.0. The molecule has 3 unspecified atom stereocenters. The van der Waals surface area contributed by atoms with Crippen LogP contribution in [0.25, 0.3) is 44.7 Å². The standard InChI is InChI=1S/C40H54N24O25P4/c41-25-13-29(53-5-49-25)61(37(45)57-13)33-21(69)17(65)9(83-33)2-80-91(73,74)88-23-19(67)11(85-35(23)63-31-15(59-39(63)47)27(43)51-7-55-31)4-82-93(77,78)89-24-20(68)12(86-36(24)64-32-16(60-40(64)48)28(44)52-8-56-32)3-81-92(75,76)87-22-18(66)10(1-79-90(70,71)72)84-34(22)62-30-14(58-38(62)46)26(42)50-6-54-30/h5-12,17-24,33-36,65-69H,1-4H2,(H2,45,57)(H2,46,58)(H2,47,59)(H2,48,60)(H,73,74)(H,75,76)(H,77,78)(H2,41,49,53)(H2,42,50,54)(H2,43,51,55)(H2,44,52,56)(H2,70,71,72)/t9-,10-,11-,12-,17-,18-,19-,20-,21-,22-,23-,24-,33-,34-,35-,36-/m1/s1. The van der Waals surface area contributed by atoms with Crippen LogP contribution in [0.3, 0.4) is 0 Å². The summed E-state index contributed by atoms with van der Waals surface area (Å²) in [6.45, 7) is -4.47. The fourth-order valence-corrected chi connectivity index (χ4v) is 13.8. The minimum absolute atomic E-state index is 0.0115. The number of phosphoric ester groups is 4. The molecule has 0 bridgehead atoms. The van der Waals surface area contributed by atoms with E-state index in [-0.39, 0.29) is 73.9 Å². The van der Waals surface area contributed by atoms with Crippen molar-refractivity contribution in [3.8, 4) is 0 Å². The Balaban J connectivity index is 0.771. The van der Waals surface area contributed by atoms with E-state index in [4.69, 9.17) is 92.0 Å². The average Bonchev–Trinajstić information content (AvgIpc) is 1.63. The molecule has 4 aliphatic rings. The molecule has 4 saturated heterocycles. The molecule has 0 radical (unpaired) electrons. The molecular weight excluding hydrogens is 1340 g/mol. The third kappa shape index (κ3) is 12.4. The minimum Gasteiger partial charge on any atom is -0.387 e. The Morgan fingerprint density at radius 2 is 0.613 bits per heavy atom. The number of fused-ring (bicyclic) bond motifs is 4. The highest BCUT2D eigenvalue weighted by Gasteiger charge is 2.56.